The van der Waals surface area contributed by atoms with E-state index >= 15 is 0 Å². The average Bonchev–Trinajstić information content (AvgIpc) is 2.23. The van der Waals surface area contributed by atoms with Crippen molar-refractivity contribution in [2.24, 2.45) is 17.8 Å². The molecule has 0 aliphatic heterocycles. The molecule has 0 saturated carbocycles. The largest absolute Gasteiger partial charge is 0.501 e. The fraction of sp³-hybridized carbons (Fsp3) is 1.00. The van der Waals surface area contributed by atoms with Gasteiger partial charge in [-0.2, -0.15) is 0 Å². The van der Waals surface area contributed by atoms with Gasteiger partial charge in [0.15, 0.2) is 0 Å². The summed E-state index contributed by atoms with van der Waals surface area (Å²) >= 11 is 0. The zero-order valence-corrected chi connectivity index (χ0v) is 16.9. The third-order valence-electron chi connectivity index (χ3n) is 3.77. The molecule has 0 rings (SSSR count). The second-order valence-electron chi connectivity index (χ2n) is 7.47. The summed E-state index contributed by atoms with van der Waals surface area (Å²) < 4.78 is 18.8. The van der Waals surface area contributed by atoms with Crippen molar-refractivity contribution < 1.29 is 13.3 Å². The number of rotatable bonds is 10. The van der Waals surface area contributed by atoms with Gasteiger partial charge in [0.2, 0.25) is 0 Å². The van der Waals surface area contributed by atoms with Crippen LogP contribution >= 0.6 is 0 Å². The van der Waals surface area contributed by atoms with E-state index in [-0.39, 0.29) is 18.3 Å². The summed E-state index contributed by atoms with van der Waals surface area (Å²) in [7, 11) is -2.66. The standard InChI is InChI=1S/C17H38O3Si/c1-12(2)17(10)16(9)11-21(18-13(3)4,19-14(5)6)20-15(7)8/h12-17H,11H2,1-10H3. The van der Waals surface area contributed by atoms with Crippen molar-refractivity contribution in [2.75, 3.05) is 0 Å². The van der Waals surface area contributed by atoms with Crippen LogP contribution in [0.3, 0.4) is 0 Å². The van der Waals surface area contributed by atoms with Crippen LogP contribution in [0.2, 0.25) is 6.04 Å². The van der Waals surface area contributed by atoms with Crippen molar-refractivity contribution in [1.82, 2.24) is 0 Å². The summed E-state index contributed by atoms with van der Waals surface area (Å²) in [5.74, 6) is 1.80. The van der Waals surface area contributed by atoms with Gasteiger partial charge in [0.1, 0.15) is 0 Å². The molecular weight excluding hydrogens is 280 g/mol. The summed E-state index contributed by atoms with van der Waals surface area (Å²) in [4.78, 5) is 0. The molecule has 2 atom stereocenters. The Hall–Kier alpha value is 0.0969. The zero-order chi connectivity index (χ0) is 16.8. The quantitative estimate of drug-likeness (QED) is 0.523. The first-order chi connectivity index (χ1) is 9.49. The van der Waals surface area contributed by atoms with Crippen molar-refractivity contribution in [3.8, 4) is 0 Å². The SMILES string of the molecule is CC(C)O[Si](CC(C)C(C)C(C)C)(OC(C)C)OC(C)C. The van der Waals surface area contributed by atoms with Crippen LogP contribution in [0.25, 0.3) is 0 Å². The van der Waals surface area contributed by atoms with Crippen LogP contribution in [-0.4, -0.2) is 27.1 Å². The van der Waals surface area contributed by atoms with E-state index in [1.54, 1.807) is 0 Å². The van der Waals surface area contributed by atoms with Gasteiger partial charge in [0, 0.05) is 24.4 Å². The molecule has 0 radical (unpaired) electrons. The van der Waals surface area contributed by atoms with Crippen molar-refractivity contribution in [2.45, 2.75) is 93.6 Å². The van der Waals surface area contributed by atoms with Gasteiger partial charge >= 0.3 is 8.80 Å². The average molecular weight is 319 g/mol. The lowest BCUT2D eigenvalue weighted by molar-refractivity contribution is -0.00140. The van der Waals surface area contributed by atoms with Gasteiger partial charge in [-0.05, 0) is 59.3 Å². The molecule has 0 aromatic heterocycles. The van der Waals surface area contributed by atoms with E-state index in [1.807, 2.05) is 0 Å². The molecule has 0 fully saturated rings. The summed E-state index contributed by atoms with van der Waals surface area (Å²) in [5, 5.41) is 0. The van der Waals surface area contributed by atoms with Crippen molar-refractivity contribution >= 4 is 8.80 Å². The fourth-order valence-electron chi connectivity index (χ4n) is 2.54. The highest BCUT2D eigenvalue weighted by Crippen LogP contribution is 2.32. The van der Waals surface area contributed by atoms with Crippen LogP contribution in [-0.2, 0) is 13.3 Å². The highest BCUT2D eigenvalue weighted by Gasteiger charge is 2.46. The second kappa shape index (κ2) is 9.28. The number of hydrogen-bond donors (Lipinski definition) is 0. The molecule has 2 unspecified atom stereocenters. The molecular formula is C17H38O3Si. The molecule has 0 aromatic rings. The van der Waals surface area contributed by atoms with E-state index in [9.17, 15) is 0 Å². The molecule has 0 aliphatic carbocycles. The molecule has 128 valence electrons. The third-order valence-corrected chi connectivity index (χ3v) is 7.40. The maximum absolute atomic E-state index is 6.25. The Bertz CT molecular complexity index is 251. The summed E-state index contributed by atoms with van der Waals surface area (Å²) in [6, 6.07) is 0.890. The predicted octanol–water partition coefficient (Wildman–Crippen LogP) is 5.13. The van der Waals surface area contributed by atoms with Crippen molar-refractivity contribution in [1.29, 1.82) is 0 Å². The van der Waals surface area contributed by atoms with Crippen molar-refractivity contribution in [3.05, 3.63) is 0 Å². The minimum Gasteiger partial charge on any atom is -0.371 e. The van der Waals surface area contributed by atoms with Crippen LogP contribution in [0, 0.1) is 17.8 Å². The number of hydrogen-bond acceptors (Lipinski definition) is 3. The van der Waals surface area contributed by atoms with E-state index in [0.29, 0.717) is 17.8 Å². The Balaban J connectivity index is 5.21. The Labute approximate surface area is 134 Å². The lowest BCUT2D eigenvalue weighted by Gasteiger charge is -2.37. The van der Waals surface area contributed by atoms with Gasteiger partial charge in [-0.25, -0.2) is 0 Å². The van der Waals surface area contributed by atoms with Gasteiger partial charge in [-0.15, -0.1) is 0 Å². The van der Waals surface area contributed by atoms with Crippen LogP contribution < -0.4 is 0 Å². The molecule has 0 N–H and O–H groups in total. The Kier molecular flexibility index (Phi) is 9.33. The van der Waals surface area contributed by atoms with E-state index in [1.165, 1.54) is 0 Å². The first-order valence-electron chi connectivity index (χ1n) is 8.52. The summed E-state index contributed by atoms with van der Waals surface area (Å²) in [5.41, 5.74) is 0. The van der Waals surface area contributed by atoms with E-state index in [2.05, 4.69) is 69.2 Å². The Morgan fingerprint density at radius 3 is 1.19 bits per heavy atom. The zero-order valence-electron chi connectivity index (χ0n) is 15.9. The third kappa shape index (κ3) is 8.34. The second-order valence-corrected chi connectivity index (χ2v) is 9.95. The van der Waals surface area contributed by atoms with Crippen LogP contribution in [0.5, 0.6) is 0 Å². The molecule has 21 heavy (non-hydrogen) atoms. The first-order valence-corrected chi connectivity index (χ1v) is 10.5. The van der Waals surface area contributed by atoms with Crippen LogP contribution in [0.1, 0.15) is 69.2 Å². The Morgan fingerprint density at radius 1 is 0.619 bits per heavy atom. The molecule has 3 nitrogen and oxygen atoms in total. The van der Waals surface area contributed by atoms with Gasteiger partial charge < -0.3 is 13.3 Å². The Morgan fingerprint density at radius 2 is 0.952 bits per heavy atom. The highest BCUT2D eigenvalue weighted by molar-refractivity contribution is 6.61. The van der Waals surface area contributed by atoms with E-state index < -0.39 is 8.80 Å². The molecule has 4 heteroatoms. The molecule has 0 aliphatic rings. The molecule has 0 bridgehead atoms. The van der Waals surface area contributed by atoms with Gasteiger partial charge in [-0.3, -0.25) is 0 Å². The van der Waals surface area contributed by atoms with Gasteiger partial charge in [-0.1, -0.05) is 27.7 Å². The molecule has 0 amide bonds. The van der Waals surface area contributed by atoms with Gasteiger partial charge in [0.05, 0.1) is 0 Å². The minimum atomic E-state index is -2.66. The van der Waals surface area contributed by atoms with Crippen LogP contribution in [0.4, 0.5) is 0 Å². The van der Waals surface area contributed by atoms with Crippen molar-refractivity contribution in [3.63, 3.8) is 0 Å². The van der Waals surface area contributed by atoms with E-state index in [4.69, 9.17) is 13.3 Å². The molecule has 0 saturated heterocycles. The molecule has 0 spiro atoms. The fourth-order valence-corrected chi connectivity index (χ4v) is 6.31. The highest BCUT2D eigenvalue weighted by atomic mass is 28.4. The smallest absolute Gasteiger partial charge is 0.371 e. The monoisotopic (exact) mass is 318 g/mol. The minimum absolute atomic E-state index is 0.121. The topological polar surface area (TPSA) is 27.7 Å². The lowest BCUT2D eigenvalue weighted by atomic mass is 9.87. The normalized spacial score (nSPS) is 16.3. The summed E-state index contributed by atoms with van der Waals surface area (Å²) in [6.45, 7) is 21.5. The molecule has 0 heterocycles. The maximum Gasteiger partial charge on any atom is 0.501 e. The van der Waals surface area contributed by atoms with E-state index in [0.717, 1.165) is 6.04 Å². The first kappa shape index (κ1) is 21.1. The maximum atomic E-state index is 6.25. The predicted molar refractivity (Wildman–Crippen MR) is 92.4 cm³/mol. The lowest BCUT2D eigenvalue weighted by Crippen LogP contribution is -2.52. The van der Waals surface area contributed by atoms with Gasteiger partial charge in [0.25, 0.3) is 0 Å². The summed E-state index contributed by atoms with van der Waals surface area (Å²) in [6.07, 6.45) is 0.363. The van der Waals surface area contributed by atoms with Crippen LogP contribution in [0.15, 0.2) is 0 Å². The molecule has 0 aromatic carbocycles.